The maximum atomic E-state index is 11.3. The van der Waals surface area contributed by atoms with E-state index in [1.807, 2.05) is 30.3 Å². The largest absolute Gasteiger partial charge is 0.484 e. The van der Waals surface area contributed by atoms with Crippen LogP contribution in [0.5, 0.6) is 5.75 Å². The molecule has 0 unspecified atom stereocenters. The molecule has 0 atom stereocenters. The molecule has 1 aromatic carbocycles. The van der Waals surface area contributed by atoms with Crippen LogP contribution in [-0.4, -0.2) is 32.1 Å². The van der Waals surface area contributed by atoms with Crippen LogP contribution in [0.4, 0.5) is 0 Å². The lowest BCUT2D eigenvalue weighted by molar-refractivity contribution is -0.122. The number of hydrogen-bond acceptors (Lipinski definition) is 4. The van der Waals surface area contributed by atoms with E-state index >= 15 is 0 Å². The van der Waals surface area contributed by atoms with Gasteiger partial charge in [-0.25, -0.2) is 0 Å². The minimum Gasteiger partial charge on any atom is -0.484 e. The highest BCUT2D eigenvalue weighted by Crippen LogP contribution is 2.22. The van der Waals surface area contributed by atoms with E-state index < -0.39 is 0 Å². The molecule has 0 fully saturated rings. The average molecular weight is 271 g/mol. The number of nitrogens with zero attached hydrogens (tertiary/aromatic N) is 1. The van der Waals surface area contributed by atoms with Gasteiger partial charge in [0.15, 0.2) is 6.61 Å². The van der Waals surface area contributed by atoms with Gasteiger partial charge < -0.3 is 15.4 Å². The van der Waals surface area contributed by atoms with Crippen molar-refractivity contribution in [3.63, 3.8) is 0 Å². The summed E-state index contributed by atoms with van der Waals surface area (Å²) in [5, 5.41) is 14.0. The summed E-state index contributed by atoms with van der Waals surface area (Å²) < 4.78 is 5.35. The fourth-order valence-electron chi connectivity index (χ4n) is 1.99. The van der Waals surface area contributed by atoms with E-state index in [9.17, 15) is 4.79 Å². The van der Waals surface area contributed by atoms with Crippen LogP contribution in [0.2, 0.25) is 0 Å². The van der Waals surface area contributed by atoms with Crippen LogP contribution in [0.15, 0.2) is 30.3 Å². The molecule has 0 saturated carbocycles. The van der Waals surface area contributed by atoms with Crippen molar-refractivity contribution in [2.75, 3.05) is 26.2 Å². The predicted octanol–water partition coefficient (Wildman–Crippen LogP) is 1.08. The van der Waals surface area contributed by atoms with Crippen LogP contribution < -0.4 is 15.4 Å². The fraction of sp³-hybridized carbons (Fsp3) is 0.333. The smallest absolute Gasteiger partial charge is 0.258 e. The molecule has 20 heavy (non-hydrogen) atoms. The number of nitriles is 1. The lowest BCUT2D eigenvalue weighted by Gasteiger charge is -2.14. The molecule has 2 N–H and O–H groups in total. The number of rotatable bonds is 5. The van der Waals surface area contributed by atoms with Gasteiger partial charge in [-0.15, -0.1) is 0 Å². The molecule has 2 rings (SSSR count). The maximum Gasteiger partial charge on any atom is 0.258 e. The second-order valence-corrected chi connectivity index (χ2v) is 4.43. The molecule has 1 amide bonds. The van der Waals surface area contributed by atoms with Crippen LogP contribution in [-0.2, 0) is 4.79 Å². The summed E-state index contributed by atoms with van der Waals surface area (Å²) in [6.45, 7) is 1.84. The van der Waals surface area contributed by atoms with Crippen LogP contribution in [0, 0.1) is 11.3 Å². The van der Waals surface area contributed by atoms with Gasteiger partial charge in [0.1, 0.15) is 12.3 Å². The summed E-state index contributed by atoms with van der Waals surface area (Å²) in [5.41, 5.74) is 2.52. The zero-order valence-electron chi connectivity index (χ0n) is 11.2. The number of benzene rings is 1. The highest BCUT2D eigenvalue weighted by Gasteiger charge is 2.06. The Labute approximate surface area is 118 Å². The molecule has 0 aromatic heterocycles. The maximum absolute atomic E-state index is 11.3. The first-order valence-corrected chi connectivity index (χ1v) is 6.56. The number of ether oxygens (including phenoxy) is 1. The van der Waals surface area contributed by atoms with Crippen LogP contribution >= 0.6 is 0 Å². The molecule has 0 saturated heterocycles. The number of hydrogen-bond donors (Lipinski definition) is 2. The molecule has 1 aromatic rings. The van der Waals surface area contributed by atoms with Crippen molar-refractivity contribution >= 4 is 11.5 Å². The third kappa shape index (κ3) is 4.11. The number of carbonyl (C=O) groups is 1. The van der Waals surface area contributed by atoms with Gasteiger partial charge in [-0.3, -0.25) is 4.79 Å². The fourth-order valence-corrected chi connectivity index (χ4v) is 1.99. The summed E-state index contributed by atoms with van der Waals surface area (Å²) in [6, 6.07) is 9.55. The van der Waals surface area contributed by atoms with Crippen molar-refractivity contribution in [1.29, 1.82) is 5.26 Å². The highest BCUT2D eigenvalue weighted by atomic mass is 16.5. The van der Waals surface area contributed by atoms with Gasteiger partial charge in [0, 0.05) is 6.54 Å². The molecular formula is C15H17N3O2. The number of nitrogens with one attached hydrogen (secondary N) is 2. The van der Waals surface area contributed by atoms with Crippen LogP contribution in [0.3, 0.4) is 0 Å². The Morgan fingerprint density at radius 3 is 2.85 bits per heavy atom. The lowest BCUT2D eigenvalue weighted by atomic mass is 10.0. The lowest BCUT2D eigenvalue weighted by Crippen LogP contribution is -2.29. The van der Waals surface area contributed by atoms with Crippen molar-refractivity contribution in [2.24, 2.45) is 0 Å². The van der Waals surface area contributed by atoms with Crippen LogP contribution in [0.25, 0.3) is 5.57 Å². The zero-order chi connectivity index (χ0) is 14.2. The average Bonchev–Trinajstić information content (AvgIpc) is 2.52. The van der Waals surface area contributed by atoms with Crippen molar-refractivity contribution in [3.8, 4) is 11.8 Å². The van der Waals surface area contributed by atoms with E-state index in [4.69, 9.17) is 10.00 Å². The van der Waals surface area contributed by atoms with Crippen molar-refractivity contribution in [3.05, 3.63) is 35.9 Å². The molecule has 0 spiro atoms. The molecule has 104 valence electrons. The quantitative estimate of drug-likeness (QED) is 0.786. The van der Waals surface area contributed by atoms with Gasteiger partial charge in [0.2, 0.25) is 0 Å². The summed E-state index contributed by atoms with van der Waals surface area (Å²) in [7, 11) is 0. The van der Waals surface area contributed by atoms with Crippen molar-refractivity contribution in [2.45, 2.75) is 6.42 Å². The molecule has 0 radical (unpaired) electrons. The van der Waals surface area contributed by atoms with Gasteiger partial charge in [0.25, 0.3) is 5.91 Å². The Morgan fingerprint density at radius 1 is 1.40 bits per heavy atom. The van der Waals surface area contributed by atoms with E-state index in [1.54, 1.807) is 0 Å². The van der Waals surface area contributed by atoms with Crippen LogP contribution in [0.1, 0.15) is 12.0 Å². The molecule has 0 bridgehead atoms. The monoisotopic (exact) mass is 271 g/mol. The molecule has 1 aliphatic rings. The zero-order valence-corrected chi connectivity index (χ0v) is 11.2. The Morgan fingerprint density at radius 2 is 2.20 bits per heavy atom. The standard InChI is InChI=1S/C15H17N3O2/c16-7-10-18-15(19)11-20-14-3-1-12(2-4-14)13-5-8-17-9-6-13/h1-5,17H,6,8-11H2,(H,18,19). The van der Waals surface area contributed by atoms with Gasteiger partial charge >= 0.3 is 0 Å². The first-order valence-electron chi connectivity index (χ1n) is 6.56. The number of carbonyl (C=O) groups excluding carboxylic acids is 1. The highest BCUT2D eigenvalue weighted by molar-refractivity contribution is 5.77. The second kappa shape index (κ2) is 7.31. The third-order valence-electron chi connectivity index (χ3n) is 3.02. The van der Waals surface area contributed by atoms with E-state index in [1.165, 1.54) is 11.1 Å². The van der Waals surface area contributed by atoms with Crippen molar-refractivity contribution in [1.82, 2.24) is 10.6 Å². The molecule has 5 heteroatoms. The first-order chi connectivity index (χ1) is 9.79. The Kier molecular flexibility index (Phi) is 5.15. The molecule has 1 heterocycles. The summed E-state index contributed by atoms with van der Waals surface area (Å²) >= 11 is 0. The SMILES string of the molecule is N#CCNC(=O)COc1ccc(C2=CCNCC2)cc1. The van der Waals surface area contributed by atoms with Gasteiger partial charge in [0.05, 0.1) is 6.07 Å². The van der Waals surface area contributed by atoms with E-state index in [-0.39, 0.29) is 19.1 Å². The van der Waals surface area contributed by atoms with Gasteiger partial charge in [-0.05, 0) is 36.2 Å². The topological polar surface area (TPSA) is 74.2 Å². The molecule has 0 aliphatic carbocycles. The Hall–Kier alpha value is -2.32. The first kappa shape index (κ1) is 14.1. The van der Waals surface area contributed by atoms with E-state index in [0.717, 1.165) is 19.5 Å². The Bertz CT molecular complexity index is 529. The second-order valence-electron chi connectivity index (χ2n) is 4.43. The minimum absolute atomic E-state index is 0.00330. The molecule has 5 nitrogen and oxygen atoms in total. The van der Waals surface area contributed by atoms with Gasteiger partial charge in [-0.2, -0.15) is 5.26 Å². The molecule has 1 aliphatic heterocycles. The number of amides is 1. The van der Waals surface area contributed by atoms with E-state index in [0.29, 0.717) is 5.75 Å². The predicted molar refractivity (Wildman–Crippen MR) is 76.0 cm³/mol. The Balaban J connectivity index is 1.87. The normalized spacial score (nSPS) is 14.1. The third-order valence-corrected chi connectivity index (χ3v) is 3.02. The summed E-state index contributed by atoms with van der Waals surface area (Å²) in [4.78, 5) is 11.3. The van der Waals surface area contributed by atoms with E-state index in [2.05, 4.69) is 16.7 Å². The van der Waals surface area contributed by atoms with Crippen molar-refractivity contribution < 1.29 is 9.53 Å². The minimum atomic E-state index is -0.295. The summed E-state index contributed by atoms with van der Waals surface area (Å²) in [5.74, 6) is 0.354. The molecular weight excluding hydrogens is 254 g/mol. The summed E-state index contributed by atoms with van der Waals surface area (Å²) in [6.07, 6.45) is 3.21. The van der Waals surface area contributed by atoms with Gasteiger partial charge in [-0.1, -0.05) is 18.2 Å².